The van der Waals surface area contributed by atoms with Crippen molar-refractivity contribution in [1.29, 1.82) is 0 Å². The summed E-state index contributed by atoms with van der Waals surface area (Å²) in [5, 5.41) is 0.108. The van der Waals surface area contributed by atoms with E-state index in [1.54, 1.807) is 9.80 Å². The molecule has 0 saturated carbocycles. The minimum Gasteiger partial charge on any atom is -0.341 e. The fourth-order valence-electron chi connectivity index (χ4n) is 3.11. The maximum absolute atomic E-state index is 14.0. The Kier molecular flexibility index (Phi) is 5.89. The molecule has 0 unspecified atom stereocenters. The molecule has 2 amide bonds. The number of carbonyl (C=O) groups is 2. The van der Waals surface area contributed by atoms with E-state index in [0.717, 1.165) is 5.56 Å². The van der Waals surface area contributed by atoms with Gasteiger partial charge in [-0.1, -0.05) is 48.0 Å². The van der Waals surface area contributed by atoms with Gasteiger partial charge in [0.05, 0.1) is 17.0 Å². The van der Waals surface area contributed by atoms with E-state index in [4.69, 9.17) is 11.6 Å². The number of hydrogen-bond donors (Lipinski definition) is 0. The molecule has 26 heavy (non-hydrogen) atoms. The maximum atomic E-state index is 14.0. The van der Waals surface area contributed by atoms with Crippen molar-refractivity contribution in [3.63, 3.8) is 0 Å². The van der Waals surface area contributed by atoms with E-state index < -0.39 is 11.7 Å². The number of halogens is 2. The molecular formula is C20H20ClFN2O2. The van der Waals surface area contributed by atoms with Crippen molar-refractivity contribution in [2.24, 2.45) is 0 Å². The Morgan fingerprint density at radius 2 is 1.62 bits per heavy atom. The molecule has 2 aromatic carbocycles. The predicted octanol–water partition coefficient (Wildman–Crippen LogP) is 3.40. The van der Waals surface area contributed by atoms with Crippen LogP contribution in [0.1, 0.15) is 22.3 Å². The topological polar surface area (TPSA) is 40.6 Å². The van der Waals surface area contributed by atoms with Crippen molar-refractivity contribution in [2.45, 2.75) is 12.8 Å². The number of hydrogen-bond acceptors (Lipinski definition) is 2. The number of benzene rings is 2. The van der Waals surface area contributed by atoms with E-state index in [2.05, 4.69) is 0 Å². The third-order valence-corrected chi connectivity index (χ3v) is 4.83. The molecule has 136 valence electrons. The van der Waals surface area contributed by atoms with Gasteiger partial charge in [0.1, 0.15) is 5.82 Å². The van der Waals surface area contributed by atoms with Crippen LogP contribution in [0.5, 0.6) is 0 Å². The van der Waals surface area contributed by atoms with Crippen LogP contribution in [-0.2, 0) is 11.2 Å². The summed E-state index contributed by atoms with van der Waals surface area (Å²) in [6, 6.07) is 13.8. The van der Waals surface area contributed by atoms with Gasteiger partial charge >= 0.3 is 0 Å². The summed E-state index contributed by atoms with van der Waals surface area (Å²) >= 11 is 6.00. The summed E-state index contributed by atoms with van der Waals surface area (Å²) in [5.74, 6) is -1.01. The molecule has 0 N–H and O–H groups in total. The van der Waals surface area contributed by atoms with E-state index in [0.29, 0.717) is 39.0 Å². The fourth-order valence-corrected chi connectivity index (χ4v) is 3.36. The number of rotatable bonds is 3. The highest BCUT2D eigenvalue weighted by Crippen LogP contribution is 2.21. The van der Waals surface area contributed by atoms with Gasteiger partial charge < -0.3 is 9.80 Å². The number of carbonyl (C=O) groups excluding carboxylic acids is 2. The molecule has 6 heteroatoms. The van der Waals surface area contributed by atoms with Crippen molar-refractivity contribution < 1.29 is 14.0 Å². The van der Waals surface area contributed by atoms with Gasteiger partial charge in [-0.3, -0.25) is 9.59 Å². The van der Waals surface area contributed by atoms with E-state index in [1.165, 1.54) is 18.2 Å². The van der Waals surface area contributed by atoms with Crippen LogP contribution in [0, 0.1) is 5.82 Å². The lowest BCUT2D eigenvalue weighted by molar-refractivity contribution is -0.130. The Labute approximate surface area is 157 Å². The minimum atomic E-state index is -0.622. The molecule has 1 saturated heterocycles. The number of amides is 2. The highest BCUT2D eigenvalue weighted by molar-refractivity contribution is 6.33. The lowest BCUT2D eigenvalue weighted by atomic mass is 10.1. The normalized spacial score (nSPS) is 14.8. The highest BCUT2D eigenvalue weighted by Gasteiger charge is 2.25. The summed E-state index contributed by atoms with van der Waals surface area (Å²) in [7, 11) is 0. The molecule has 1 fully saturated rings. The Bertz CT molecular complexity index is 777. The summed E-state index contributed by atoms with van der Waals surface area (Å²) < 4.78 is 14.0. The van der Waals surface area contributed by atoms with Crippen LogP contribution in [0.2, 0.25) is 5.02 Å². The smallest absolute Gasteiger partial charge is 0.258 e. The molecule has 4 nitrogen and oxygen atoms in total. The molecular weight excluding hydrogens is 355 g/mol. The van der Waals surface area contributed by atoms with E-state index in [1.807, 2.05) is 30.3 Å². The van der Waals surface area contributed by atoms with Gasteiger partial charge in [0.15, 0.2) is 0 Å². The van der Waals surface area contributed by atoms with Gasteiger partial charge in [-0.25, -0.2) is 4.39 Å². The lowest BCUT2D eigenvalue weighted by Gasteiger charge is -2.23. The average Bonchev–Trinajstić information content (AvgIpc) is 2.88. The Morgan fingerprint density at radius 1 is 0.923 bits per heavy atom. The molecule has 0 atom stereocenters. The number of nitrogens with zero attached hydrogens (tertiary/aromatic N) is 2. The first-order valence-electron chi connectivity index (χ1n) is 8.61. The zero-order chi connectivity index (χ0) is 18.5. The molecule has 0 bridgehead atoms. The van der Waals surface area contributed by atoms with Crippen molar-refractivity contribution in [3.05, 3.63) is 70.5 Å². The van der Waals surface area contributed by atoms with Crippen LogP contribution in [0.25, 0.3) is 0 Å². The Hall–Kier alpha value is -2.40. The summed E-state index contributed by atoms with van der Waals surface area (Å²) in [4.78, 5) is 28.5. The maximum Gasteiger partial charge on any atom is 0.258 e. The second kappa shape index (κ2) is 8.32. The first-order chi connectivity index (χ1) is 12.6. The minimum absolute atomic E-state index is 0.0365. The van der Waals surface area contributed by atoms with Crippen molar-refractivity contribution in [2.75, 3.05) is 26.2 Å². The molecule has 0 aromatic heterocycles. The van der Waals surface area contributed by atoms with Crippen molar-refractivity contribution >= 4 is 23.4 Å². The van der Waals surface area contributed by atoms with Gasteiger partial charge in [-0.2, -0.15) is 0 Å². The zero-order valence-electron chi connectivity index (χ0n) is 14.3. The molecule has 1 aliphatic rings. The first kappa shape index (κ1) is 18.4. The van der Waals surface area contributed by atoms with E-state index in [-0.39, 0.29) is 16.5 Å². The molecule has 3 rings (SSSR count). The predicted molar refractivity (Wildman–Crippen MR) is 98.7 cm³/mol. The summed E-state index contributed by atoms with van der Waals surface area (Å²) in [6.45, 7) is 1.85. The Balaban J connectivity index is 1.64. The van der Waals surface area contributed by atoms with Crippen LogP contribution in [0.15, 0.2) is 48.5 Å². The standard InChI is InChI=1S/C20H20ClFN2O2/c21-16-8-4-9-17(22)19(16)20(26)24-11-5-10-23(12-13-24)18(25)14-15-6-2-1-3-7-15/h1-4,6-9H,5,10-14H2. The molecule has 0 aliphatic carbocycles. The molecule has 1 heterocycles. The molecule has 2 aromatic rings. The van der Waals surface area contributed by atoms with Gasteiger partial charge in [0.25, 0.3) is 5.91 Å². The van der Waals surface area contributed by atoms with Gasteiger partial charge in [0, 0.05) is 26.2 Å². The third-order valence-electron chi connectivity index (χ3n) is 4.51. The van der Waals surface area contributed by atoms with E-state index in [9.17, 15) is 14.0 Å². The van der Waals surface area contributed by atoms with Crippen molar-refractivity contribution in [1.82, 2.24) is 9.80 Å². The molecule has 0 spiro atoms. The SMILES string of the molecule is O=C(Cc1ccccc1)N1CCCN(C(=O)c2c(F)cccc2Cl)CC1. The second-order valence-electron chi connectivity index (χ2n) is 6.29. The average molecular weight is 375 g/mol. The van der Waals surface area contributed by atoms with Gasteiger partial charge in [0.2, 0.25) is 5.91 Å². The quantitative estimate of drug-likeness (QED) is 0.826. The lowest BCUT2D eigenvalue weighted by Crippen LogP contribution is -2.38. The second-order valence-corrected chi connectivity index (χ2v) is 6.69. The van der Waals surface area contributed by atoms with Gasteiger partial charge in [-0.15, -0.1) is 0 Å². The molecule has 0 radical (unpaired) electrons. The van der Waals surface area contributed by atoms with Crippen molar-refractivity contribution in [3.8, 4) is 0 Å². The first-order valence-corrected chi connectivity index (χ1v) is 8.99. The van der Waals surface area contributed by atoms with E-state index >= 15 is 0 Å². The van der Waals surface area contributed by atoms with Crippen LogP contribution < -0.4 is 0 Å². The fraction of sp³-hybridized carbons (Fsp3) is 0.300. The van der Waals surface area contributed by atoms with Gasteiger partial charge in [-0.05, 0) is 24.1 Å². The molecule has 1 aliphatic heterocycles. The van der Waals surface area contributed by atoms with Crippen LogP contribution in [-0.4, -0.2) is 47.8 Å². The van der Waals surface area contributed by atoms with Crippen LogP contribution in [0.4, 0.5) is 4.39 Å². The highest BCUT2D eigenvalue weighted by atomic mass is 35.5. The van der Waals surface area contributed by atoms with Crippen LogP contribution in [0.3, 0.4) is 0 Å². The monoisotopic (exact) mass is 374 g/mol. The zero-order valence-corrected chi connectivity index (χ0v) is 15.1. The largest absolute Gasteiger partial charge is 0.341 e. The summed E-state index contributed by atoms with van der Waals surface area (Å²) in [5.41, 5.74) is 0.867. The van der Waals surface area contributed by atoms with Crippen LogP contribution >= 0.6 is 11.6 Å². The summed E-state index contributed by atoms with van der Waals surface area (Å²) in [6.07, 6.45) is 0.992. The Morgan fingerprint density at radius 3 is 2.35 bits per heavy atom. The third kappa shape index (κ3) is 4.22.